The lowest BCUT2D eigenvalue weighted by Gasteiger charge is -2.18. The van der Waals surface area contributed by atoms with Crippen LogP contribution < -0.4 is 27.0 Å². The highest BCUT2D eigenvalue weighted by Gasteiger charge is 2.11. The second-order valence-corrected chi connectivity index (χ2v) is 4.89. The molecular weight excluding hydrogens is 242 g/mol. The molecule has 2 atom stereocenters. The molecule has 0 bridgehead atoms. The summed E-state index contributed by atoms with van der Waals surface area (Å²) in [6.07, 6.45) is 3.36. The molecule has 0 saturated heterocycles. The molecule has 0 aliphatic heterocycles. The Bertz CT molecular complexity index is 225. The first kappa shape index (κ1) is 18.3. The number of hydrogen-bond donors (Lipinski definition) is 5. The molecule has 19 heavy (non-hydrogen) atoms. The molecule has 0 radical (unpaired) electrons. The zero-order chi connectivity index (χ0) is 14.5. The summed E-state index contributed by atoms with van der Waals surface area (Å²) < 4.78 is 0. The average Bonchev–Trinajstić information content (AvgIpc) is 2.40. The van der Waals surface area contributed by atoms with Crippen LogP contribution in [0.15, 0.2) is 0 Å². The molecule has 0 aliphatic carbocycles. The summed E-state index contributed by atoms with van der Waals surface area (Å²) in [5, 5.41) is 12.3. The van der Waals surface area contributed by atoms with Crippen LogP contribution in [0.2, 0.25) is 0 Å². The number of rotatable bonds is 12. The van der Waals surface area contributed by atoms with Crippen LogP contribution in [0.4, 0.5) is 0 Å². The van der Waals surface area contributed by atoms with Gasteiger partial charge in [-0.2, -0.15) is 0 Å². The SMILES string of the molecule is CNCCC[C@@H](CNC(=O)CC(N)CCNC)NC. The molecule has 6 heteroatoms. The van der Waals surface area contributed by atoms with Crippen molar-refractivity contribution in [2.24, 2.45) is 5.73 Å². The summed E-state index contributed by atoms with van der Waals surface area (Å²) >= 11 is 0. The van der Waals surface area contributed by atoms with Crippen LogP contribution >= 0.6 is 0 Å². The smallest absolute Gasteiger partial charge is 0.221 e. The Morgan fingerprint density at radius 3 is 2.37 bits per heavy atom. The maximum absolute atomic E-state index is 11.7. The third kappa shape index (κ3) is 10.9. The van der Waals surface area contributed by atoms with E-state index in [0.717, 1.165) is 32.4 Å². The van der Waals surface area contributed by atoms with Crippen LogP contribution in [0, 0.1) is 0 Å². The zero-order valence-electron chi connectivity index (χ0n) is 12.6. The van der Waals surface area contributed by atoms with Crippen molar-refractivity contribution in [3.05, 3.63) is 0 Å². The van der Waals surface area contributed by atoms with Crippen molar-refractivity contribution >= 4 is 5.91 Å². The van der Waals surface area contributed by atoms with Crippen LogP contribution in [-0.2, 0) is 4.79 Å². The van der Waals surface area contributed by atoms with Crippen LogP contribution in [0.3, 0.4) is 0 Å². The molecule has 0 aromatic rings. The molecule has 0 rings (SSSR count). The Hall–Kier alpha value is -0.690. The molecule has 1 amide bonds. The molecule has 6 N–H and O–H groups in total. The number of nitrogens with two attached hydrogens (primary N) is 1. The van der Waals surface area contributed by atoms with E-state index in [9.17, 15) is 4.79 Å². The standard InChI is InChI=1S/C13H31N5O/c1-15-7-4-5-12(17-3)10-18-13(19)9-11(14)6-8-16-2/h11-12,15-17H,4-10,14H2,1-3H3,(H,18,19)/t11?,12-/m0/s1. The van der Waals surface area contributed by atoms with E-state index in [1.165, 1.54) is 0 Å². The molecular formula is C13H31N5O. The number of nitrogens with one attached hydrogen (secondary N) is 4. The first-order valence-electron chi connectivity index (χ1n) is 7.12. The van der Waals surface area contributed by atoms with E-state index in [0.29, 0.717) is 19.0 Å². The van der Waals surface area contributed by atoms with E-state index in [1.54, 1.807) is 0 Å². The predicted molar refractivity (Wildman–Crippen MR) is 80.2 cm³/mol. The fraction of sp³-hybridized carbons (Fsp3) is 0.923. The molecule has 0 aromatic carbocycles. The van der Waals surface area contributed by atoms with E-state index >= 15 is 0 Å². The minimum absolute atomic E-state index is 0.0393. The Labute approximate surface area is 117 Å². The molecule has 0 heterocycles. The molecule has 0 saturated carbocycles. The summed E-state index contributed by atoms with van der Waals surface area (Å²) in [4.78, 5) is 11.7. The lowest BCUT2D eigenvalue weighted by Crippen LogP contribution is -2.41. The van der Waals surface area contributed by atoms with E-state index in [4.69, 9.17) is 5.73 Å². The van der Waals surface area contributed by atoms with Gasteiger partial charge in [-0.15, -0.1) is 0 Å². The third-order valence-corrected chi connectivity index (χ3v) is 3.15. The highest BCUT2D eigenvalue weighted by molar-refractivity contribution is 5.76. The van der Waals surface area contributed by atoms with Crippen molar-refractivity contribution in [2.45, 2.75) is 37.8 Å². The monoisotopic (exact) mass is 273 g/mol. The van der Waals surface area contributed by atoms with Gasteiger partial charge in [-0.1, -0.05) is 0 Å². The van der Waals surface area contributed by atoms with Gasteiger partial charge in [0.2, 0.25) is 5.91 Å². The summed E-state index contributed by atoms with van der Waals surface area (Å²) in [5.41, 5.74) is 5.87. The van der Waals surface area contributed by atoms with Crippen molar-refractivity contribution in [3.8, 4) is 0 Å². The molecule has 0 spiro atoms. The van der Waals surface area contributed by atoms with E-state index in [2.05, 4.69) is 21.3 Å². The summed E-state index contributed by atoms with van der Waals surface area (Å²) in [6, 6.07) is 0.260. The Kier molecular flexibility index (Phi) is 11.9. The van der Waals surface area contributed by atoms with Crippen molar-refractivity contribution < 1.29 is 4.79 Å². The summed E-state index contributed by atoms with van der Waals surface area (Å²) in [5.74, 6) is 0.0393. The third-order valence-electron chi connectivity index (χ3n) is 3.15. The highest BCUT2D eigenvalue weighted by atomic mass is 16.1. The fourth-order valence-electron chi connectivity index (χ4n) is 1.85. The van der Waals surface area contributed by atoms with Crippen molar-refractivity contribution in [3.63, 3.8) is 0 Å². The number of amides is 1. The van der Waals surface area contributed by atoms with Crippen molar-refractivity contribution in [1.82, 2.24) is 21.3 Å². The topological polar surface area (TPSA) is 91.2 Å². The second kappa shape index (κ2) is 12.3. The van der Waals surface area contributed by atoms with Gasteiger partial charge in [0.15, 0.2) is 0 Å². The number of carbonyl (C=O) groups excluding carboxylic acids is 1. The molecule has 6 nitrogen and oxygen atoms in total. The van der Waals surface area contributed by atoms with Gasteiger partial charge < -0.3 is 27.0 Å². The second-order valence-electron chi connectivity index (χ2n) is 4.89. The predicted octanol–water partition coefficient (Wildman–Crippen LogP) is -0.983. The van der Waals surface area contributed by atoms with Gasteiger partial charge in [-0.3, -0.25) is 4.79 Å². The van der Waals surface area contributed by atoms with Crippen LogP contribution in [0.5, 0.6) is 0 Å². The lowest BCUT2D eigenvalue weighted by molar-refractivity contribution is -0.121. The van der Waals surface area contributed by atoms with E-state index in [-0.39, 0.29) is 11.9 Å². The normalized spacial score (nSPS) is 14.1. The maximum Gasteiger partial charge on any atom is 0.221 e. The van der Waals surface area contributed by atoms with Gasteiger partial charge in [-0.05, 0) is 53.5 Å². The molecule has 0 fully saturated rings. The Morgan fingerprint density at radius 2 is 1.79 bits per heavy atom. The van der Waals surface area contributed by atoms with Gasteiger partial charge in [0.05, 0.1) is 0 Å². The van der Waals surface area contributed by atoms with Gasteiger partial charge in [0.1, 0.15) is 0 Å². The van der Waals surface area contributed by atoms with Gasteiger partial charge in [-0.25, -0.2) is 0 Å². The van der Waals surface area contributed by atoms with E-state index in [1.807, 2.05) is 21.1 Å². The van der Waals surface area contributed by atoms with Gasteiger partial charge >= 0.3 is 0 Å². The van der Waals surface area contributed by atoms with Crippen molar-refractivity contribution in [2.75, 3.05) is 40.8 Å². The average molecular weight is 273 g/mol. The first-order chi connectivity index (χ1) is 9.13. The summed E-state index contributed by atoms with van der Waals surface area (Å²) in [7, 11) is 5.76. The van der Waals surface area contributed by atoms with E-state index < -0.39 is 0 Å². The summed E-state index contributed by atoms with van der Waals surface area (Å²) in [6.45, 7) is 2.51. The zero-order valence-corrected chi connectivity index (χ0v) is 12.6. The maximum atomic E-state index is 11.7. The minimum Gasteiger partial charge on any atom is -0.354 e. The molecule has 0 aromatic heterocycles. The number of hydrogen-bond acceptors (Lipinski definition) is 5. The lowest BCUT2D eigenvalue weighted by atomic mass is 10.1. The fourth-order valence-corrected chi connectivity index (χ4v) is 1.85. The Balaban J connectivity index is 3.73. The molecule has 114 valence electrons. The number of carbonyl (C=O) groups is 1. The first-order valence-corrected chi connectivity index (χ1v) is 7.12. The van der Waals surface area contributed by atoms with Crippen LogP contribution in [0.25, 0.3) is 0 Å². The molecule has 0 aliphatic rings. The van der Waals surface area contributed by atoms with Gasteiger partial charge in [0.25, 0.3) is 0 Å². The minimum atomic E-state index is -0.0650. The van der Waals surface area contributed by atoms with Crippen LogP contribution in [-0.4, -0.2) is 58.8 Å². The van der Waals surface area contributed by atoms with Crippen LogP contribution in [0.1, 0.15) is 25.7 Å². The van der Waals surface area contributed by atoms with Crippen molar-refractivity contribution in [1.29, 1.82) is 0 Å². The largest absolute Gasteiger partial charge is 0.354 e. The number of likely N-dealkylation sites (N-methyl/N-ethyl adjacent to an activating group) is 1. The quantitative estimate of drug-likeness (QED) is 0.295. The highest BCUT2D eigenvalue weighted by Crippen LogP contribution is 1.97. The molecule has 1 unspecified atom stereocenters. The van der Waals surface area contributed by atoms with Gasteiger partial charge in [0, 0.05) is 25.0 Å². The Morgan fingerprint density at radius 1 is 1.11 bits per heavy atom.